The van der Waals surface area contributed by atoms with Crippen LogP contribution in [-0.4, -0.2) is 28.3 Å². The van der Waals surface area contributed by atoms with Gasteiger partial charge in [0, 0.05) is 25.1 Å². The van der Waals surface area contributed by atoms with Crippen molar-refractivity contribution in [1.82, 2.24) is 9.88 Å². The Balaban J connectivity index is 1.39. The fraction of sp³-hybridized carbons (Fsp3) is 0.200. The molecule has 1 unspecified atom stereocenters. The lowest BCUT2D eigenvalue weighted by Crippen LogP contribution is -2.46. The molecule has 2 aliphatic rings. The van der Waals surface area contributed by atoms with Gasteiger partial charge < -0.3 is 4.42 Å². The average molecular weight is 461 g/mol. The molecule has 0 fully saturated rings. The van der Waals surface area contributed by atoms with Crippen LogP contribution < -0.4 is 5.01 Å². The van der Waals surface area contributed by atoms with Gasteiger partial charge in [-0.3, -0.25) is 4.90 Å². The first kappa shape index (κ1) is 21.6. The SMILES string of the molecule is C=Cc1ccccc1-c1nc(N2N=C(c3ccccc3)CC2N2CCc3ccccc3C2)c(C)o1. The molecule has 0 N–H and O–H groups in total. The van der Waals surface area contributed by atoms with Crippen molar-refractivity contribution in [3.63, 3.8) is 0 Å². The molecule has 3 aromatic carbocycles. The molecule has 4 aromatic rings. The fourth-order valence-electron chi connectivity index (χ4n) is 5.13. The Morgan fingerprint density at radius 2 is 1.69 bits per heavy atom. The Labute approximate surface area is 206 Å². The van der Waals surface area contributed by atoms with E-state index in [0.717, 1.165) is 59.9 Å². The summed E-state index contributed by atoms with van der Waals surface area (Å²) in [7, 11) is 0. The van der Waals surface area contributed by atoms with Gasteiger partial charge in [-0.2, -0.15) is 10.1 Å². The van der Waals surface area contributed by atoms with Gasteiger partial charge in [0.15, 0.2) is 5.82 Å². The lowest BCUT2D eigenvalue weighted by Gasteiger charge is -2.36. The van der Waals surface area contributed by atoms with E-state index in [2.05, 4.69) is 65.0 Å². The third kappa shape index (κ3) is 3.98. The smallest absolute Gasteiger partial charge is 0.228 e. The monoisotopic (exact) mass is 460 g/mol. The van der Waals surface area contributed by atoms with E-state index in [4.69, 9.17) is 14.5 Å². The molecule has 5 nitrogen and oxygen atoms in total. The minimum Gasteiger partial charge on any atom is -0.439 e. The molecule has 0 saturated carbocycles. The number of benzene rings is 3. The number of nitrogens with zero attached hydrogens (tertiary/aromatic N) is 4. The van der Waals surface area contributed by atoms with Crippen molar-refractivity contribution in [3.8, 4) is 11.5 Å². The summed E-state index contributed by atoms with van der Waals surface area (Å²) in [6, 6.07) is 27.2. The molecular formula is C30H28N4O. The van der Waals surface area contributed by atoms with Gasteiger partial charge in [-0.15, -0.1) is 0 Å². The maximum absolute atomic E-state index is 6.20. The summed E-state index contributed by atoms with van der Waals surface area (Å²) in [4.78, 5) is 7.49. The number of oxazole rings is 1. The Bertz CT molecular complexity index is 1400. The summed E-state index contributed by atoms with van der Waals surface area (Å²) < 4.78 is 6.20. The third-order valence-corrected chi connectivity index (χ3v) is 6.98. The zero-order chi connectivity index (χ0) is 23.8. The van der Waals surface area contributed by atoms with Gasteiger partial charge in [0.2, 0.25) is 5.89 Å². The van der Waals surface area contributed by atoms with Crippen LogP contribution in [0.3, 0.4) is 0 Å². The number of hydrogen-bond acceptors (Lipinski definition) is 5. The average Bonchev–Trinajstić information content (AvgIpc) is 3.52. The molecule has 0 spiro atoms. The number of hydrazone groups is 1. The van der Waals surface area contributed by atoms with Crippen LogP contribution in [0.25, 0.3) is 17.5 Å². The lowest BCUT2D eigenvalue weighted by molar-refractivity contribution is 0.183. The molecule has 1 aromatic heterocycles. The van der Waals surface area contributed by atoms with Crippen LogP contribution in [-0.2, 0) is 13.0 Å². The van der Waals surface area contributed by atoms with Crippen LogP contribution in [0, 0.1) is 6.92 Å². The summed E-state index contributed by atoms with van der Waals surface area (Å²) in [6.45, 7) is 7.81. The van der Waals surface area contributed by atoms with Crippen molar-refractivity contribution < 1.29 is 4.42 Å². The largest absolute Gasteiger partial charge is 0.439 e. The number of aryl methyl sites for hydroxylation is 1. The van der Waals surface area contributed by atoms with E-state index in [9.17, 15) is 0 Å². The molecule has 174 valence electrons. The van der Waals surface area contributed by atoms with Crippen LogP contribution in [0.5, 0.6) is 0 Å². The van der Waals surface area contributed by atoms with Crippen molar-refractivity contribution in [3.05, 3.63) is 113 Å². The maximum Gasteiger partial charge on any atom is 0.228 e. The summed E-state index contributed by atoms with van der Waals surface area (Å²) in [5.41, 5.74) is 6.99. The topological polar surface area (TPSA) is 44.9 Å². The van der Waals surface area contributed by atoms with Gasteiger partial charge in [0.1, 0.15) is 11.9 Å². The molecule has 35 heavy (non-hydrogen) atoms. The highest BCUT2D eigenvalue weighted by molar-refractivity contribution is 6.03. The molecule has 0 aliphatic carbocycles. The predicted octanol–water partition coefficient (Wildman–Crippen LogP) is 6.29. The number of hydrogen-bond donors (Lipinski definition) is 0. The number of aromatic nitrogens is 1. The van der Waals surface area contributed by atoms with Crippen LogP contribution >= 0.6 is 0 Å². The highest BCUT2D eigenvalue weighted by Crippen LogP contribution is 2.36. The first-order valence-electron chi connectivity index (χ1n) is 12.1. The van der Waals surface area contributed by atoms with Crippen LogP contribution in [0.2, 0.25) is 0 Å². The summed E-state index contributed by atoms with van der Waals surface area (Å²) in [5.74, 6) is 2.13. The van der Waals surface area contributed by atoms with E-state index in [1.54, 1.807) is 0 Å². The Morgan fingerprint density at radius 1 is 0.943 bits per heavy atom. The maximum atomic E-state index is 6.20. The zero-order valence-corrected chi connectivity index (χ0v) is 19.9. The molecule has 3 heterocycles. The van der Waals surface area contributed by atoms with Crippen molar-refractivity contribution in [2.24, 2.45) is 5.10 Å². The van der Waals surface area contributed by atoms with Crippen molar-refractivity contribution in [1.29, 1.82) is 0 Å². The first-order valence-corrected chi connectivity index (χ1v) is 12.1. The van der Waals surface area contributed by atoms with Gasteiger partial charge in [-0.1, -0.05) is 85.5 Å². The van der Waals surface area contributed by atoms with E-state index in [1.807, 2.05) is 43.3 Å². The quantitative estimate of drug-likeness (QED) is 0.351. The minimum absolute atomic E-state index is 0.0739. The van der Waals surface area contributed by atoms with Gasteiger partial charge in [-0.25, -0.2) is 5.01 Å². The second-order valence-electron chi connectivity index (χ2n) is 9.12. The zero-order valence-electron chi connectivity index (χ0n) is 19.9. The molecule has 0 saturated heterocycles. The summed E-state index contributed by atoms with van der Waals surface area (Å²) in [6.07, 6.45) is 3.78. The van der Waals surface area contributed by atoms with E-state index >= 15 is 0 Å². The highest BCUT2D eigenvalue weighted by Gasteiger charge is 2.37. The van der Waals surface area contributed by atoms with Crippen LogP contribution in [0.15, 0.2) is 95.0 Å². The number of rotatable bonds is 5. The molecule has 0 amide bonds. The molecule has 5 heteroatoms. The molecule has 0 radical (unpaired) electrons. The van der Waals surface area contributed by atoms with E-state index in [0.29, 0.717) is 5.89 Å². The fourth-order valence-corrected chi connectivity index (χ4v) is 5.13. The van der Waals surface area contributed by atoms with Crippen LogP contribution in [0.1, 0.15) is 34.4 Å². The Morgan fingerprint density at radius 3 is 2.51 bits per heavy atom. The second-order valence-corrected chi connectivity index (χ2v) is 9.12. The molecule has 2 aliphatic heterocycles. The predicted molar refractivity (Wildman–Crippen MR) is 141 cm³/mol. The Kier molecular flexibility index (Phi) is 5.55. The third-order valence-electron chi connectivity index (χ3n) is 6.98. The standard InChI is InChI=1S/C30H28N4O/c1-3-22-11-9-10-16-26(22)30-31-29(21(2)35-30)34-28(19-27(32-34)24-13-5-4-6-14-24)33-18-17-23-12-7-8-15-25(23)20-33/h3-16,28H,1,17-20H2,2H3. The van der Waals surface area contributed by atoms with Gasteiger partial charge in [-0.05, 0) is 41.7 Å². The van der Waals surface area contributed by atoms with Crippen molar-refractivity contribution >= 4 is 17.6 Å². The second kappa shape index (κ2) is 9.01. The minimum atomic E-state index is 0.0739. The van der Waals surface area contributed by atoms with Crippen molar-refractivity contribution in [2.75, 3.05) is 11.6 Å². The van der Waals surface area contributed by atoms with E-state index in [-0.39, 0.29) is 6.17 Å². The van der Waals surface area contributed by atoms with Crippen molar-refractivity contribution in [2.45, 2.75) is 32.5 Å². The summed E-state index contributed by atoms with van der Waals surface area (Å²) >= 11 is 0. The van der Waals surface area contributed by atoms with Gasteiger partial charge in [0.05, 0.1) is 5.71 Å². The molecular weight excluding hydrogens is 432 g/mol. The van der Waals surface area contributed by atoms with Gasteiger partial charge >= 0.3 is 0 Å². The van der Waals surface area contributed by atoms with Crippen LogP contribution in [0.4, 0.5) is 5.82 Å². The molecule has 6 rings (SSSR count). The highest BCUT2D eigenvalue weighted by atomic mass is 16.4. The molecule has 1 atom stereocenters. The normalized spacial score (nSPS) is 17.8. The number of anilines is 1. The van der Waals surface area contributed by atoms with Gasteiger partial charge in [0.25, 0.3) is 0 Å². The number of fused-ring (bicyclic) bond motifs is 1. The van der Waals surface area contributed by atoms with E-state index in [1.165, 1.54) is 11.1 Å². The van der Waals surface area contributed by atoms with E-state index < -0.39 is 0 Å². The first-order chi connectivity index (χ1) is 17.2. The Hall–Kier alpha value is -3.96. The molecule has 0 bridgehead atoms. The lowest BCUT2D eigenvalue weighted by atomic mass is 9.98. The summed E-state index contributed by atoms with van der Waals surface area (Å²) in [5, 5.41) is 7.20.